The highest BCUT2D eigenvalue weighted by molar-refractivity contribution is 5.89. The van der Waals surface area contributed by atoms with E-state index < -0.39 is 11.2 Å². The quantitative estimate of drug-likeness (QED) is 0.420. The fraction of sp³-hybridized carbons (Fsp3) is 0.111. The molecule has 0 fully saturated rings. The molecule has 34 heavy (non-hydrogen) atoms. The number of rotatable bonds is 3. The minimum absolute atomic E-state index is 0.346. The van der Waals surface area contributed by atoms with Gasteiger partial charge >= 0.3 is 5.69 Å². The maximum atomic E-state index is 12.6. The smallest absolute Gasteiger partial charge is 0.303 e. The third kappa shape index (κ3) is 3.33. The van der Waals surface area contributed by atoms with Crippen molar-refractivity contribution in [3.63, 3.8) is 0 Å². The summed E-state index contributed by atoms with van der Waals surface area (Å²) >= 11 is 0. The van der Waals surface area contributed by atoms with Crippen molar-refractivity contribution < 1.29 is 0 Å². The number of aromatic nitrogens is 4. The van der Waals surface area contributed by atoms with E-state index in [2.05, 4.69) is 6.07 Å². The van der Waals surface area contributed by atoms with Crippen LogP contribution in [-0.2, 0) is 14.1 Å². The third-order valence-corrected chi connectivity index (χ3v) is 5.98. The van der Waals surface area contributed by atoms with E-state index in [0.717, 1.165) is 32.4 Å². The molecule has 0 unspecified atom stereocenters. The number of nitrogens with zero attached hydrogens (tertiary/aromatic N) is 5. The molecule has 0 saturated heterocycles. The van der Waals surface area contributed by atoms with Gasteiger partial charge in [0.25, 0.3) is 5.56 Å². The number of hydrogen-bond donors (Lipinski definition) is 0. The Bertz CT molecular complexity index is 1780. The van der Waals surface area contributed by atoms with Gasteiger partial charge in [-0.2, -0.15) is 5.26 Å². The van der Waals surface area contributed by atoms with Crippen LogP contribution in [0.3, 0.4) is 0 Å². The number of imidazole rings is 1. The third-order valence-electron chi connectivity index (χ3n) is 5.98. The molecule has 0 aliphatic rings. The number of hydrogen-bond acceptors (Lipinski definition) is 4. The predicted molar refractivity (Wildman–Crippen MR) is 133 cm³/mol. The Morgan fingerprint density at radius 1 is 0.971 bits per heavy atom. The summed E-state index contributed by atoms with van der Waals surface area (Å²) in [5, 5.41) is 10.1. The van der Waals surface area contributed by atoms with Crippen LogP contribution in [0, 0.1) is 18.3 Å². The zero-order valence-corrected chi connectivity index (χ0v) is 19.0. The molecule has 0 spiro atoms. The van der Waals surface area contributed by atoms with Crippen LogP contribution in [0.1, 0.15) is 22.3 Å². The number of nitriles is 1. The summed E-state index contributed by atoms with van der Waals surface area (Å²) in [7, 11) is 3.04. The second kappa shape index (κ2) is 8.01. The van der Waals surface area contributed by atoms with E-state index in [-0.39, 0.29) is 0 Å². The van der Waals surface area contributed by atoms with Crippen molar-refractivity contribution in [2.75, 3.05) is 0 Å². The van der Waals surface area contributed by atoms with Gasteiger partial charge in [0.15, 0.2) is 5.65 Å². The number of para-hydroxylation sites is 2. The Hall–Kier alpha value is -4.70. The maximum absolute atomic E-state index is 12.6. The molecule has 0 bridgehead atoms. The van der Waals surface area contributed by atoms with Gasteiger partial charge in [0, 0.05) is 20.3 Å². The lowest BCUT2D eigenvalue weighted by Gasteiger charge is -2.11. The first-order valence-electron chi connectivity index (χ1n) is 10.7. The van der Waals surface area contributed by atoms with Gasteiger partial charge < -0.3 is 4.57 Å². The number of fused-ring (bicyclic) bond motifs is 3. The molecule has 0 aliphatic carbocycles. The molecular weight excluding hydrogens is 426 g/mol. The molecule has 7 heteroatoms. The molecule has 3 heterocycles. The standard InChI is InChI=1S/C27H21N5O2/c1-17-8-10-18(11-9-17)24-14-19(12-13-20-16-30(2)27(34)31(3)26(20)33)21(15-28)25-29-22-6-4-5-7-23(22)32(24)25/h4-14,16H,1-3H3/b13-12-. The van der Waals surface area contributed by atoms with Crippen LogP contribution < -0.4 is 11.2 Å². The molecule has 5 rings (SSSR count). The van der Waals surface area contributed by atoms with E-state index >= 15 is 0 Å². The first kappa shape index (κ1) is 21.2. The van der Waals surface area contributed by atoms with E-state index in [1.807, 2.05) is 65.9 Å². The van der Waals surface area contributed by atoms with Gasteiger partial charge in [0.05, 0.1) is 22.3 Å². The van der Waals surface area contributed by atoms with E-state index in [0.29, 0.717) is 22.3 Å². The summed E-state index contributed by atoms with van der Waals surface area (Å²) in [6.07, 6.45) is 4.86. The first-order valence-corrected chi connectivity index (χ1v) is 10.7. The first-order chi connectivity index (χ1) is 16.4. The lowest BCUT2D eigenvalue weighted by atomic mass is 10.0. The molecule has 0 radical (unpaired) electrons. The van der Waals surface area contributed by atoms with Crippen LogP contribution in [-0.4, -0.2) is 18.5 Å². The monoisotopic (exact) mass is 447 g/mol. The van der Waals surface area contributed by atoms with E-state index in [4.69, 9.17) is 4.98 Å². The van der Waals surface area contributed by atoms with Gasteiger partial charge in [-0.05, 0) is 42.3 Å². The van der Waals surface area contributed by atoms with Crippen molar-refractivity contribution in [1.29, 1.82) is 5.26 Å². The van der Waals surface area contributed by atoms with Gasteiger partial charge in [-0.1, -0.05) is 48.0 Å². The Balaban J connectivity index is 1.81. The van der Waals surface area contributed by atoms with Crippen LogP contribution in [0.25, 0.3) is 40.1 Å². The molecule has 2 aromatic carbocycles. The topological polar surface area (TPSA) is 85.1 Å². The summed E-state index contributed by atoms with van der Waals surface area (Å²) in [4.78, 5) is 29.4. The minimum atomic E-state index is -0.399. The lowest BCUT2D eigenvalue weighted by Crippen LogP contribution is -2.37. The Labute approximate surface area is 195 Å². The fourth-order valence-corrected chi connectivity index (χ4v) is 4.16. The summed E-state index contributed by atoms with van der Waals surface area (Å²) < 4.78 is 4.42. The van der Waals surface area contributed by atoms with Crippen molar-refractivity contribution in [2.45, 2.75) is 6.92 Å². The van der Waals surface area contributed by atoms with Crippen LogP contribution in [0.2, 0.25) is 0 Å². The van der Waals surface area contributed by atoms with Crippen molar-refractivity contribution in [3.05, 3.63) is 104 Å². The molecule has 0 saturated carbocycles. The SMILES string of the molecule is Cc1ccc(-c2cc(/C=C\c3cn(C)c(=O)n(C)c3=O)c(C#N)c3nc4ccccc4n23)cc1. The average molecular weight is 447 g/mol. The maximum Gasteiger partial charge on any atom is 0.330 e. The van der Waals surface area contributed by atoms with Crippen LogP contribution in [0.15, 0.2) is 70.4 Å². The van der Waals surface area contributed by atoms with Crippen molar-refractivity contribution in [1.82, 2.24) is 18.5 Å². The molecule has 3 aromatic heterocycles. The molecule has 7 nitrogen and oxygen atoms in total. The Morgan fingerprint density at radius 3 is 2.41 bits per heavy atom. The highest BCUT2D eigenvalue weighted by atomic mass is 16.2. The average Bonchev–Trinajstić information content (AvgIpc) is 3.23. The Morgan fingerprint density at radius 2 is 1.68 bits per heavy atom. The normalized spacial score (nSPS) is 11.5. The Kier molecular flexibility index (Phi) is 4.99. The molecule has 5 aromatic rings. The molecule has 0 aliphatic heterocycles. The highest BCUT2D eigenvalue weighted by Gasteiger charge is 2.17. The van der Waals surface area contributed by atoms with Crippen molar-refractivity contribution in [3.8, 4) is 17.3 Å². The predicted octanol–water partition coefficient (Wildman–Crippen LogP) is 3.90. The van der Waals surface area contributed by atoms with Crippen LogP contribution >= 0.6 is 0 Å². The number of pyridine rings is 1. The van der Waals surface area contributed by atoms with Crippen LogP contribution in [0.4, 0.5) is 0 Å². The van der Waals surface area contributed by atoms with Gasteiger partial charge in [-0.15, -0.1) is 0 Å². The molecule has 0 N–H and O–H groups in total. The number of benzene rings is 2. The lowest BCUT2D eigenvalue weighted by molar-refractivity contribution is 0.683. The van der Waals surface area contributed by atoms with Gasteiger partial charge in [0.2, 0.25) is 0 Å². The summed E-state index contributed by atoms with van der Waals surface area (Å²) in [6, 6.07) is 20.2. The second-order valence-corrected chi connectivity index (χ2v) is 8.27. The highest BCUT2D eigenvalue weighted by Crippen LogP contribution is 2.31. The molecule has 0 amide bonds. The second-order valence-electron chi connectivity index (χ2n) is 8.27. The largest absolute Gasteiger partial charge is 0.330 e. The van der Waals surface area contributed by atoms with E-state index in [9.17, 15) is 14.9 Å². The minimum Gasteiger partial charge on any atom is -0.303 e. The van der Waals surface area contributed by atoms with Crippen molar-refractivity contribution >= 4 is 28.8 Å². The molecular formula is C27H21N5O2. The zero-order valence-electron chi connectivity index (χ0n) is 19.0. The zero-order chi connectivity index (χ0) is 24.0. The van der Waals surface area contributed by atoms with Crippen LogP contribution in [0.5, 0.6) is 0 Å². The fourth-order valence-electron chi connectivity index (χ4n) is 4.16. The van der Waals surface area contributed by atoms with Gasteiger partial charge in [0.1, 0.15) is 11.6 Å². The summed E-state index contributed by atoms with van der Waals surface area (Å²) in [5.74, 6) is 0. The number of aryl methyl sites for hydroxylation is 2. The van der Waals surface area contributed by atoms with Crippen molar-refractivity contribution in [2.24, 2.45) is 14.1 Å². The molecule has 166 valence electrons. The van der Waals surface area contributed by atoms with E-state index in [1.54, 1.807) is 19.2 Å². The van der Waals surface area contributed by atoms with E-state index in [1.165, 1.54) is 17.8 Å². The van der Waals surface area contributed by atoms with Gasteiger partial charge in [-0.3, -0.25) is 13.8 Å². The molecule has 0 atom stereocenters. The van der Waals surface area contributed by atoms with Gasteiger partial charge in [-0.25, -0.2) is 9.78 Å². The summed E-state index contributed by atoms with van der Waals surface area (Å²) in [6.45, 7) is 2.03. The summed E-state index contributed by atoms with van der Waals surface area (Å²) in [5.41, 5.74) is 5.86.